The van der Waals surface area contributed by atoms with Gasteiger partial charge in [0.2, 0.25) is 0 Å². The first-order chi connectivity index (χ1) is 40.4. The molecule has 14 aromatic rings. The summed E-state index contributed by atoms with van der Waals surface area (Å²) in [4.78, 5) is 4.26. The number of benzene rings is 13. The van der Waals surface area contributed by atoms with E-state index in [1.807, 2.05) is 65.6 Å². The van der Waals surface area contributed by atoms with E-state index in [1.165, 1.54) is 33.4 Å². The number of hydrogen-bond acceptors (Lipinski definition) is 2. The molecule has 16 rings (SSSR count). The second-order valence-electron chi connectivity index (χ2n) is 20.4. The molecule has 364 valence electrons. The van der Waals surface area contributed by atoms with Crippen molar-refractivity contribution in [1.82, 2.24) is 4.57 Å². The van der Waals surface area contributed by atoms with Crippen molar-refractivity contribution in [2.75, 3.05) is 9.80 Å². The van der Waals surface area contributed by atoms with Gasteiger partial charge in [-0.3, -0.25) is 0 Å². The Kier molecular flexibility index (Phi) is 8.97. The van der Waals surface area contributed by atoms with Crippen LogP contribution in [-0.4, -0.2) is 4.57 Å². The van der Waals surface area contributed by atoms with Crippen molar-refractivity contribution in [3.8, 4) is 39.1 Å². The highest BCUT2D eigenvalue weighted by molar-refractivity contribution is 6.13. The summed E-state index contributed by atoms with van der Waals surface area (Å²) in [6.45, 7) is 0. The monoisotopic (exact) mass is 995 g/mol. The Labute approximate surface area is 459 Å². The van der Waals surface area contributed by atoms with Crippen molar-refractivity contribution < 1.29 is 5.48 Å². The van der Waals surface area contributed by atoms with Crippen LogP contribution in [0.25, 0.3) is 82.4 Å². The molecule has 1 heterocycles. The third-order valence-electron chi connectivity index (χ3n) is 16.4. The number of rotatable bonds is 8. The molecule has 2 aliphatic rings. The van der Waals surface area contributed by atoms with E-state index in [9.17, 15) is 5.48 Å². The summed E-state index contributed by atoms with van der Waals surface area (Å²) in [5, 5.41) is 6.17. The third-order valence-corrected chi connectivity index (χ3v) is 16.4. The minimum Gasteiger partial charge on any atom is -0.310 e. The van der Waals surface area contributed by atoms with Gasteiger partial charge in [0.25, 0.3) is 0 Å². The number of para-hydroxylation sites is 3. The smallest absolute Gasteiger partial charge is 0.0726 e. The fourth-order valence-electron chi connectivity index (χ4n) is 13.2. The Morgan fingerprint density at radius 3 is 1.53 bits per heavy atom. The molecule has 1 aromatic heterocycles. The van der Waals surface area contributed by atoms with Crippen molar-refractivity contribution in [3.05, 3.63) is 319 Å². The van der Waals surface area contributed by atoms with Gasteiger partial charge in [-0.25, -0.2) is 0 Å². The minimum absolute atomic E-state index is 0.121. The molecule has 0 unspecified atom stereocenters. The molecular formula is C75H49N3. The summed E-state index contributed by atoms with van der Waals surface area (Å²) in [6, 6.07) is 94.9. The van der Waals surface area contributed by atoms with Crippen LogP contribution >= 0.6 is 0 Å². The van der Waals surface area contributed by atoms with E-state index in [0.29, 0.717) is 5.56 Å². The first-order valence-electron chi connectivity index (χ1n) is 28.7. The maximum Gasteiger partial charge on any atom is 0.0726 e. The van der Waals surface area contributed by atoms with E-state index in [1.54, 1.807) is 0 Å². The number of aromatic nitrogens is 1. The van der Waals surface area contributed by atoms with Crippen molar-refractivity contribution >= 4 is 77.5 Å². The molecule has 3 nitrogen and oxygen atoms in total. The Morgan fingerprint density at radius 2 is 0.795 bits per heavy atom. The quantitative estimate of drug-likeness (QED) is 0.150. The van der Waals surface area contributed by atoms with Gasteiger partial charge in [-0.2, -0.15) is 0 Å². The predicted molar refractivity (Wildman–Crippen MR) is 327 cm³/mol. The first-order valence-corrected chi connectivity index (χ1v) is 26.7. The molecular weight excluding hydrogens is 943 g/mol. The summed E-state index contributed by atoms with van der Waals surface area (Å²) in [5.41, 5.74) is 17.5. The SMILES string of the molecule is [2H]c1c([2H])c(N(c2ccccc2)c2ccc3c(c2)C2(c4ccccc4-c4ccccc42)c2ccccc2-3)c([2H])c([2H])c1-c1cccc2c(N(c3ccc4c(c3)c3ccccc3n4-c3ccccc3)c3cccc4ccccc34)cccc12. The van der Waals surface area contributed by atoms with Gasteiger partial charge in [-0.1, -0.05) is 212 Å². The molecule has 0 aliphatic heterocycles. The zero-order valence-corrected chi connectivity index (χ0v) is 42.3. The summed E-state index contributed by atoms with van der Waals surface area (Å²) >= 11 is 0. The lowest BCUT2D eigenvalue weighted by molar-refractivity contribution is 0.793. The molecule has 0 bridgehead atoms. The standard InChI is InChI=1S/C75H49N3/c1-3-22-52(23-4-1)76(56-44-46-63-62-29-11-15-36-69(62)75(70(63)49-56)67-34-13-9-27-60(67)61-28-10-14-35-68(61)75)54-42-40-51(41-43-54)57-31-18-33-64-59(57)32-19-39-73(64)78(71-38-17-21-50-20-7-8-26-58(50)71)55-45-47-74-66(48-55)65-30-12-16-37-72(65)77(74)53-24-5-2-6-25-53/h1-49H/i40D,41D,42D,43D. The van der Waals surface area contributed by atoms with Gasteiger partial charge in [0.05, 0.1) is 33.3 Å². The Balaban J connectivity index is 0.880. The van der Waals surface area contributed by atoms with Crippen LogP contribution in [0.2, 0.25) is 0 Å². The largest absolute Gasteiger partial charge is 0.310 e. The van der Waals surface area contributed by atoms with E-state index >= 15 is 0 Å². The van der Waals surface area contributed by atoms with Gasteiger partial charge in [0.15, 0.2) is 0 Å². The van der Waals surface area contributed by atoms with Gasteiger partial charge in [0, 0.05) is 50.0 Å². The molecule has 2 aliphatic carbocycles. The maximum absolute atomic E-state index is 10.1. The number of hydrogen-bond donors (Lipinski definition) is 0. The van der Waals surface area contributed by atoms with Crippen molar-refractivity contribution in [3.63, 3.8) is 0 Å². The van der Waals surface area contributed by atoms with E-state index < -0.39 is 5.41 Å². The topological polar surface area (TPSA) is 11.4 Å². The number of fused-ring (bicyclic) bond motifs is 15. The first kappa shape index (κ1) is 40.1. The van der Waals surface area contributed by atoms with Crippen LogP contribution in [0.5, 0.6) is 0 Å². The van der Waals surface area contributed by atoms with E-state index in [2.05, 4.69) is 222 Å². The van der Waals surface area contributed by atoms with Crippen LogP contribution in [0.15, 0.2) is 297 Å². The molecule has 13 aromatic carbocycles. The number of anilines is 6. The predicted octanol–water partition coefficient (Wildman–Crippen LogP) is 20.0. The molecule has 0 saturated carbocycles. The van der Waals surface area contributed by atoms with Gasteiger partial charge in [0.1, 0.15) is 0 Å². The fraction of sp³-hybridized carbons (Fsp3) is 0.0133. The highest BCUT2D eigenvalue weighted by Crippen LogP contribution is 2.63. The van der Waals surface area contributed by atoms with Gasteiger partial charge in [-0.15, -0.1) is 0 Å². The van der Waals surface area contributed by atoms with Gasteiger partial charge < -0.3 is 14.4 Å². The normalized spacial score (nSPS) is 13.4. The third kappa shape index (κ3) is 6.46. The number of nitrogens with zero attached hydrogens (tertiary/aromatic N) is 3. The van der Waals surface area contributed by atoms with Crippen LogP contribution in [0.1, 0.15) is 27.7 Å². The van der Waals surface area contributed by atoms with Gasteiger partial charge in [-0.05, 0) is 151 Å². The molecule has 78 heavy (non-hydrogen) atoms. The highest BCUT2D eigenvalue weighted by atomic mass is 15.2. The maximum atomic E-state index is 10.1. The van der Waals surface area contributed by atoms with Gasteiger partial charge >= 0.3 is 0 Å². The average Bonchev–Trinajstić information content (AvgIpc) is 2.19. The molecule has 1 spiro atoms. The van der Waals surface area contributed by atoms with Crippen LogP contribution in [-0.2, 0) is 5.41 Å². The second kappa shape index (κ2) is 17.4. The minimum atomic E-state index is -0.623. The summed E-state index contributed by atoms with van der Waals surface area (Å²) in [5.74, 6) is 0. The lowest BCUT2D eigenvalue weighted by atomic mass is 9.70. The second-order valence-corrected chi connectivity index (χ2v) is 20.4. The molecule has 0 N–H and O–H groups in total. The van der Waals surface area contributed by atoms with E-state index in [4.69, 9.17) is 0 Å². The molecule has 0 amide bonds. The molecule has 3 heteroatoms. The zero-order chi connectivity index (χ0) is 54.8. The lowest BCUT2D eigenvalue weighted by Gasteiger charge is -2.32. The Hall–Kier alpha value is -10.2. The molecule has 0 radical (unpaired) electrons. The van der Waals surface area contributed by atoms with Crippen molar-refractivity contribution in [1.29, 1.82) is 0 Å². The Bertz CT molecular complexity index is 4850. The highest BCUT2D eigenvalue weighted by Gasteiger charge is 2.51. The average molecular weight is 996 g/mol. The molecule has 0 saturated heterocycles. The molecule has 0 fully saturated rings. The zero-order valence-electron chi connectivity index (χ0n) is 46.3. The lowest BCUT2D eigenvalue weighted by Crippen LogP contribution is -2.26. The Morgan fingerprint density at radius 1 is 0.295 bits per heavy atom. The van der Waals surface area contributed by atoms with Crippen LogP contribution in [0.3, 0.4) is 0 Å². The van der Waals surface area contributed by atoms with Crippen molar-refractivity contribution in [2.24, 2.45) is 0 Å². The van der Waals surface area contributed by atoms with Crippen LogP contribution in [0, 0.1) is 0 Å². The summed E-state index contributed by atoms with van der Waals surface area (Å²) in [6.07, 6.45) is 0. The summed E-state index contributed by atoms with van der Waals surface area (Å²) < 4.78 is 42.7. The molecule has 0 atom stereocenters. The fourth-order valence-corrected chi connectivity index (χ4v) is 13.2. The van der Waals surface area contributed by atoms with E-state index in [-0.39, 0.29) is 35.4 Å². The van der Waals surface area contributed by atoms with Crippen LogP contribution in [0.4, 0.5) is 34.1 Å². The van der Waals surface area contributed by atoms with E-state index in [0.717, 1.165) is 88.6 Å². The van der Waals surface area contributed by atoms with Crippen molar-refractivity contribution in [2.45, 2.75) is 5.41 Å². The summed E-state index contributed by atoms with van der Waals surface area (Å²) in [7, 11) is 0. The van der Waals surface area contributed by atoms with Crippen LogP contribution < -0.4 is 9.80 Å².